The van der Waals surface area contributed by atoms with Crippen LogP contribution in [0.25, 0.3) is 0 Å². The number of hydrogen-bond acceptors (Lipinski definition) is 3. The monoisotopic (exact) mass is 139 g/mol. The number of nitrogens with one attached hydrogen (secondary N) is 1. The molecule has 10 heavy (non-hydrogen) atoms. The molecule has 1 aromatic rings. The van der Waals surface area contributed by atoms with Crippen LogP contribution in [0.15, 0.2) is 30.3 Å². The van der Waals surface area contributed by atoms with E-state index in [1.807, 2.05) is 30.3 Å². The molecule has 0 saturated heterocycles. The molecule has 0 amide bonds. The molecule has 0 aliphatic heterocycles. The van der Waals surface area contributed by atoms with Crippen molar-refractivity contribution >= 4 is 5.69 Å². The molecule has 0 unspecified atom stereocenters. The lowest BCUT2D eigenvalue weighted by Gasteiger charge is -2.01. The average molecular weight is 139 g/mol. The van der Waals surface area contributed by atoms with Crippen LogP contribution in [0.4, 0.5) is 5.69 Å². The lowest BCUT2D eigenvalue weighted by atomic mass is 10.3. The van der Waals surface area contributed by atoms with Crippen LogP contribution >= 0.6 is 0 Å². The van der Waals surface area contributed by atoms with Gasteiger partial charge in [-0.05, 0) is 12.1 Å². The Kier molecular flexibility index (Phi) is 2.73. The van der Waals surface area contributed by atoms with E-state index < -0.39 is 0 Å². The van der Waals surface area contributed by atoms with Gasteiger partial charge >= 0.3 is 0 Å². The summed E-state index contributed by atoms with van der Waals surface area (Å²) in [5.41, 5.74) is 3.37. The van der Waals surface area contributed by atoms with E-state index in [0.717, 1.165) is 5.69 Å². The minimum absolute atomic E-state index is 0.325. The minimum Gasteiger partial charge on any atom is -0.368 e. The van der Waals surface area contributed by atoms with E-state index in [-0.39, 0.29) is 6.79 Å². The highest BCUT2D eigenvalue weighted by atomic mass is 16.7. The largest absolute Gasteiger partial charge is 0.368 e. The molecule has 0 radical (unpaired) electrons. The molecule has 54 valence electrons. The van der Waals surface area contributed by atoms with Gasteiger partial charge in [0.05, 0.1) is 5.69 Å². The van der Waals surface area contributed by atoms with Crippen LogP contribution in [-0.2, 0) is 4.84 Å². The number of hydrogen-bond donors (Lipinski definition) is 2. The molecular formula is C7H9NO2. The fourth-order valence-corrected chi connectivity index (χ4v) is 0.622. The van der Waals surface area contributed by atoms with Gasteiger partial charge in [-0.1, -0.05) is 18.2 Å². The van der Waals surface area contributed by atoms with Gasteiger partial charge in [0.15, 0.2) is 6.79 Å². The van der Waals surface area contributed by atoms with Crippen LogP contribution in [-0.4, -0.2) is 11.9 Å². The molecule has 0 atom stereocenters. The topological polar surface area (TPSA) is 41.5 Å². The molecule has 0 aromatic heterocycles. The Morgan fingerprint density at radius 2 is 2.00 bits per heavy atom. The normalized spacial score (nSPS) is 9.30. The first-order chi connectivity index (χ1) is 4.93. The van der Waals surface area contributed by atoms with Crippen LogP contribution in [0.1, 0.15) is 0 Å². The number of para-hydroxylation sites is 1. The SMILES string of the molecule is OCONc1ccccc1. The van der Waals surface area contributed by atoms with Gasteiger partial charge in [-0.15, -0.1) is 0 Å². The Balaban J connectivity index is 2.43. The summed E-state index contributed by atoms with van der Waals surface area (Å²) >= 11 is 0. The maximum atomic E-state index is 8.24. The summed E-state index contributed by atoms with van der Waals surface area (Å²) in [4.78, 5) is 4.53. The molecule has 0 fully saturated rings. The molecule has 1 rings (SSSR count). The van der Waals surface area contributed by atoms with Gasteiger partial charge in [0.2, 0.25) is 0 Å². The maximum Gasteiger partial charge on any atom is 0.170 e. The molecule has 3 heteroatoms. The highest BCUT2D eigenvalue weighted by molar-refractivity contribution is 5.39. The molecule has 2 N–H and O–H groups in total. The molecule has 0 aliphatic carbocycles. The lowest BCUT2D eigenvalue weighted by molar-refractivity contribution is 0.0308. The maximum absolute atomic E-state index is 8.24. The quantitative estimate of drug-likeness (QED) is 0.484. The summed E-state index contributed by atoms with van der Waals surface area (Å²) < 4.78 is 0. The van der Waals surface area contributed by atoms with E-state index in [4.69, 9.17) is 5.11 Å². The van der Waals surface area contributed by atoms with Crippen LogP contribution in [0.3, 0.4) is 0 Å². The number of rotatable bonds is 3. The molecule has 3 nitrogen and oxygen atoms in total. The van der Waals surface area contributed by atoms with Crippen LogP contribution in [0.2, 0.25) is 0 Å². The first-order valence-electron chi connectivity index (χ1n) is 2.97. The third-order valence-electron chi connectivity index (χ3n) is 1.03. The molecular weight excluding hydrogens is 130 g/mol. The van der Waals surface area contributed by atoms with Crippen molar-refractivity contribution < 1.29 is 9.94 Å². The van der Waals surface area contributed by atoms with Gasteiger partial charge in [-0.3, -0.25) is 5.48 Å². The Bertz CT molecular complexity index is 176. The van der Waals surface area contributed by atoms with Gasteiger partial charge in [0, 0.05) is 0 Å². The Labute approximate surface area is 59.2 Å². The lowest BCUT2D eigenvalue weighted by Crippen LogP contribution is -2.00. The number of aliphatic hydroxyl groups excluding tert-OH is 1. The Morgan fingerprint density at radius 1 is 1.30 bits per heavy atom. The third-order valence-corrected chi connectivity index (χ3v) is 1.03. The van der Waals surface area contributed by atoms with Crippen molar-refractivity contribution in [1.82, 2.24) is 0 Å². The fourth-order valence-electron chi connectivity index (χ4n) is 0.622. The summed E-state index contributed by atoms with van der Waals surface area (Å²) in [7, 11) is 0. The molecule has 0 spiro atoms. The van der Waals surface area contributed by atoms with Crippen molar-refractivity contribution in [2.45, 2.75) is 0 Å². The van der Waals surface area contributed by atoms with Gasteiger partial charge in [-0.2, -0.15) is 0 Å². The van der Waals surface area contributed by atoms with Crippen molar-refractivity contribution in [3.8, 4) is 0 Å². The van der Waals surface area contributed by atoms with Crippen LogP contribution < -0.4 is 5.48 Å². The highest BCUT2D eigenvalue weighted by Gasteiger charge is 1.84. The molecule has 1 aromatic carbocycles. The predicted octanol–water partition coefficient (Wildman–Crippen LogP) is 0.980. The van der Waals surface area contributed by atoms with Crippen molar-refractivity contribution in [2.75, 3.05) is 12.3 Å². The first-order valence-corrected chi connectivity index (χ1v) is 2.97. The van der Waals surface area contributed by atoms with Gasteiger partial charge in [0.1, 0.15) is 0 Å². The van der Waals surface area contributed by atoms with Gasteiger partial charge in [0.25, 0.3) is 0 Å². The van der Waals surface area contributed by atoms with Gasteiger partial charge in [-0.25, -0.2) is 4.84 Å². The van der Waals surface area contributed by atoms with E-state index in [1.54, 1.807) is 0 Å². The summed E-state index contributed by atoms with van der Waals surface area (Å²) in [6, 6.07) is 9.35. The summed E-state index contributed by atoms with van der Waals surface area (Å²) in [6.45, 7) is -0.325. The van der Waals surface area contributed by atoms with Crippen molar-refractivity contribution in [1.29, 1.82) is 0 Å². The van der Waals surface area contributed by atoms with E-state index in [1.165, 1.54) is 0 Å². The van der Waals surface area contributed by atoms with E-state index in [2.05, 4.69) is 10.3 Å². The zero-order chi connectivity index (χ0) is 7.23. The molecule has 0 aliphatic rings. The molecule has 0 saturated carbocycles. The second-order valence-electron chi connectivity index (χ2n) is 1.74. The highest BCUT2D eigenvalue weighted by Crippen LogP contribution is 2.03. The van der Waals surface area contributed by atoms with E-state index in [9.17, 15) is 0 Å². The molecule has 0 bridgehead atoms. The zero-order valence-electron chi connectivity index (χ0n) is 5.45. The number of anilines is 1. The van der Waals surface area contributed by atoms with Gasteiger partial charge < -0.3 is 5.11 Å². The Morgan fingerprint density at radius 3 is 2.60 bits per heavy atom. The third kappa shape index (κ3) is 2.05. The smallest absolute Gasteiger partial charge is 0.170 e. The summed E-state index contributed by atoms with van der Waals surface area (Å²) in [5.74, 6) is 0. The first kappa shape index (κ1) is 7.05. The number of benzene rings is 1. The summed E-state index contributed by atoms with van der Waals surface area (Å²) in [5, 5.41) is 8.24. The number of aliphatic hydroxyl groups is 1. The Hall–Kier alpha value is -1.06. The van der Waals surface area contributed by atoms with Crippen molar-refractivity contribution in [3.05, 3.63) is 30.3 Å². The van der Waals surface area contributed by atoms with Crippen LogP contribution in [0, 0.1) is 0 Å². The average Bonchev–Trinajstić information content (AvgIpc) is 2.03. The second-order valence-corrected chi connectivity index (χ2v) is 1.74. The van der Waals surface area contributed by atoms with Crippen molar-refractivity contribution in [2.24, 2.45) is 0 Å². The van der Waals surface area contributed by atoms with E-state index in [0.29, 0.717) is 0 Å². The summed E-state index contributed by atoms with van der Waals surface area (Å²) in [6.07, 6.45) is 0. The molecule has 0 heterocycles. The standard InChI is InChI=1S/C7H9NO2/c9-6-10-8-7-4-2-1-3-5-7/h1-5,8-9H,6H2. The predicted molar refractivity (Wildman–Crippen MR) is 38.2 cm³/mol. The minimum atomic E-state index is -0.325. The van der Waals surface area contributed by atoms with E-state index >= 15 is 0 Å². The van der Waals surface area contributed by atoms with Crippen molar-refractivity contribution in [3.63, 3.8) is 0 Å². The van der Waals surface area contributed by atoms with Crippen LogP contribution in [0.5, 0.6) is 0 Å². The fraction of sp³-hybridized carbons (Fsp3) is 0.143. The zero-order valence-corrected chi connectivity index (χ0v) is 5.45. The second kappa shape index (κ2) is 3.87.